The first kappa shape index (κ1) is 16.8. The Morgan fingerprint density at radius 3 is 2.77 bits per heavy atom. The summed E-state index contributed by atoms with van der Waals surface area (Å²) in [5.41, 5.74) is 1.53. The number of halogens is 2. The quantitative estimate of drug-likeness (QED) is 0.569. The number of ether oxygens (including phenoxy) is 1. The van der Waals surface area contributed by atoms with E-state index in [1.165, 1.54) is 0 Å². The van der Waals surface area contributed by atoms with Crippen molar-refractivity contribution in [2.45, 2.75) is 32.6 Å². The molecule has 0 aliphatic heterocycles. The van der Waals surface area contributed by atoms with Gasteiger partial charge in [-0.2, -0.15) is 5.10 Å². The fourth-order valence-electron chi connectivity index (χ4n) is 1.99. The topological polar surface area (TPSA) is 44.1 Å². The first-order valence-corrected chi connectivity index (χ1v) is 7.95. The molecule has 1 aromatic carbocycles. The average Bonchev–Trinajstić information content (AvgIpc) is 2.92. The zero-order valence-electron chi connectivity index (χ0n) is 12.6. The van der Waals surface area contributed by atoms with Gasteiger partial charge in [-0.3, -0.25) is 4.79 Å². The van der Waals surface area contributed by atoms with Crippen molar-refractivity contribution in [2.75, 3.05) is 6.61 Å². The molecular weight excluding hydrogens is 323 g/mol. The second-order valence-corrected chi connectivity index (χ2v) is 5.90. The number of esters is 1. The highest BCUT2D eigenvalue weighted by atomic mass is 35.5. The van der Waals surface area contributed by atoms with Crippen LogP contribution in [-0.4, -0.2) is 22.4 Å². The lowest BCUT2D eigenvalue weighted by molar-refractivity contribution is -0.145. The van der Waals surface area contributed by atoms with Crippen molar-refractivity contribution in [1.82, 2.24) is 9.78 Å². The van der Waals surface area contributed by atoms with Crippen LogP contribution in [0.25, 0.3) is 5.69 Å². The smallest absolute Gasteiger partial charge is 0.313 e. The van der Waals surface area contributed by atoms with E-state index in [2.05, 4.69) is 12.0 Å². The molecule has 0 fully saturated rings. The van der Waals surface area contributed by atoms with E-state index in [9.17, 15) is 4.79 Å². The summed E-state index contributed by atoms with van der Waals surface area (Å²) >= 11 is 12.2. The molecule has 0 aliphatic rings. The van der Waals surface area contributed by atoms with Gasteiger partial charge in [0.2, 0.25) is 0 Å². The molecule has 2 rings (SSSR count). The van der Waals surface area contributed by atoms with Crippen molar-refractivity contribution in [3.63, 3.8) is 0 Å². The van der Waals surface area contributed by atoms with Gasteiger partial charge in [0, 0.05) is 6.20 Å². The fraction of sp³-hybridized carbons (Fsp3) is 0.375. The van der Waals surface area contributed by atoms with Crippen LogP contribution in [0.5, 0.6) is 0 Å². The maximum Gasteiger partial charge on any atom is 0.313 e. The Hall–Kier alpha value is -1.52. The zero-order chi connectivity index (χ0) is 16.1. The van der Waals surface area contributed by atoms with Gasteiger partial charge in [0.05, 0.1) is 34.5 Å². The molecule has 0 radical (unpaired) electrons. The van der Waals surface area contributed by atoms with Crippen molar-refractivity contribution in [3.05, 3.63) is 46.2 Å². The average molecular weight is 341 g/mol. The lowest BCUT2D eigenvalue weighted by atomic mass is 10.0. The van der Waals surface area contributed by atoms with Crippen LogP contribution < -0.4 is 0 Å². The number of aromatic nitrogens is 2. The minimum absolute atomic E-state index is 0.237. The summed E-state index contributed by atoms with van der Waals surface area (Å²) in [7, 11) is 0. The number of rotatable bonds is 6. The van der Waals surface area contributed by atoms with E-state index >= 15 is 0 Å². The third-order valence-corrected chi connectivity index (χ3v) is 3.86. The summed E-state index contributed by atoms with van der Waals surface area (Å²) in [6, 6.07) is 5.43. The minimum atomic E-state index is -0.357. The number of hydrogen-bond donors (Lipinski definition) is 0. The maximum atomic E-state index is 12.0. The lowest BCUT2D eigenvalue weighted by Crippen LogP contribution is -2.14. The van der Waals surface area contributed by atoms with E-state index in [0.29, 0.717) is 22.3 Å². The second-order valence-electron chi connectivity index (χ2n) is 5.06. The number of nitrogens with zero attached hydrogens (tertiary/aromatic N) is 2. The van der Waals surface area contributed by atoms with E-state index in [-0.39, 0.29) is 11.9 Å². The summed E-state index contributed by atoms with van der Waals surface area (Å²) in [5, 5.41) is 5.16. The monoisotopic (exact) mass is 340 g/mol. The summed E-state index contributed by atoms with van der Waals surface area (Å²) in [6.07, 6.45) is 5.08. The van der Waals surface area contributed by atoms with Gasteiger partial charge >= 0.3 is 5.97 Å². The van der Waals surface area contributed by atoms with Gasteiger partial charge in [0.1, 0.15) is 0 Å². The van der Waals surface area contributed by atoms with Gasteiger partial charge in [-0.15, -0.1) is 0 Å². The van der Waals surface area contributed by atoms with Gasteiger partial charge in [-0.05, 0) is 31.0 Å². The molecule has 0 aliphatic carbocycles. The molecule has 1 atom stereocenters. The van der Waals surface area contributed by atoms with E-state index in [4.69, 9.17) is 27.9 Å². The van der Waals surface area contributed by atoms with Crippen molar-refractivity contribution < 1.29 is 9.53 Å². The second kappa shape index (κ2) is 7.65. The molecule has 1 aromatic heterocycles. The molecule has 2 aromatic rings. The molecule has 0 amide bonds. The first-order chi connectivity index (χ1) is 10.5. The standard InChI is InChI=1S/C16H18Cl2N2O2/c1-3-4-7-22-16(21)11(2)12-5-6-15(14(18)8-12)20-10-13(17)9-19-20/h5-6,8-11H,3-4,7H2,1-2H3. The minimum Gasteiger partial charge on any atom is -0.465 e. The number of benzene rings is 1. The molecule has 4 nitrogen and oxygen atoms in total. The summed E-state index contributed by atoms with van der Waals surface area (Å²) < 4.78 is 6.84. The van der Waals surface area contributed by atoms with Gasteiger partial charge in [-0.1, -0.05) is 42.6 Å². The highest BCUT2D eigenvalue weighted by Crippen LogP contribution is 2.26. The Kier molecular flexibility index (Phi) is 5.86. The van der Waals surface area contributed by atoms with Crippen LogP contribution in [0.15, 0.2) is 30.6 Å². The Morgan fingerprint density at radius 2 is 2.18 bits per heavy atom. The molecule has 1 unspecified atom stereocenters. The molecule has 1 heterocycles. The van der Waals surface area contributed by atoms with Crippen molar-refractivity contribution >= 4 is 29.2 Å². The number of carbonyl (C=O) groups is 1. The largest absolute Gasteiger partial charge is 0.465 e. The highest BCUT2D eigenvalue weighted by Gasteiger charge is 2.18. The van der Waals surface area contributed by atoms with Crippen LogP contribution >= 0.6 is 23.2 Å². The Balaban J connectivity index is 2.13. The molecular formula is C16H18Cl2N2O2. The Bertz CT molecular complexity index is 655. The zero-order valence-corrected chi connectivity index (χ0v) is 14.1. The Morgan fingerprint density at radius 1 is 1.41 bits per heavy atom. The van der Waals surface area contributed by atoms with Gasteiger partial charge in [-0.25, -0.2) is 4.68 Å². The molecule has 0 bridgehead atoms. The number of hydrogen-bond acceptors (Lipinski definition) is 3. The third kappa shape index (κ3) is 4.02. The van der Waals surface area contributed by atoms with E-state index in [1.807, 2.05) is 19.1 Å². The molecule has 118 valence electrons. The van der Waals surface area contributed by atoms with Gasteiger partial charge < -0.3 is 4.74 Å². The third-order valence-electron chi connectivity index (χ3n) is 3.37. The summed E-state index contributed by atoms with van der Waals surface area (Å²) in [4.78, 5) is 12.0. The van der Waals surface area contributed by atoms with Crippen molar-refractivity contribution in [1.29, 1.82) is 0 Å². The molecule has 0 N–H and O–H groups in total. The van der Waals surface area contributed by atoms with Crippen LogP contribution in [0.2, 0.25) is 10.0 Å². The van der Waals surface area contributed by atoms with Crippen molar-refractivity contribution in [2.24, 2.45) is 0 Å². The molecule has 0 spiro atoms. The highest BCUT2D eigenvalue weighted by molar-refractivity contribution is 6.32. The molecule has 22 heavy (non-hydrogen) atoms. The predicted octanol–water partition coefficient (Wildman–Crippen LogP) is 4.63. The number of carbonyl (C=O) groups excluding carboxylic acids is 1. The van der Waals surface area contributed by atoms with E-state index < -0.39 is 0 Å². The fourth-order valence-corrected chi connectivity index (χ4v) is 2.40. The predicted molar refractivity (Wildman–Crippen MR) is 87.9 cm³/mol. The van der Waals surface area contributed by atoms with Crippen LogP contribution in [0.4, 0.5) is 0 Å². The lowest BCUT2D eigenvalue weighted by Gasteiger charge is -2.13. The summed E-state index contributed by atoms with van der Waals surface area (Å²) in [5.74, 6) is -0.594. The van der Waals surface area contributed by atoms with E-state index in [0.717, 1.165) is 18.4 Å². The van der Waals surface area contributed by atoms with E-state index in [1.54, 1.807) is 23.1 Å². The SMILES string of the molecule is CCCCOC(=O)C(C)c1ccc(-n2cc(Cl)cn2)c(Cl)c1. The maximum absolute atomic E-state index is 12.0. The molecule has 6 heteroatoms. The first-order valence-electron chi connectivity index (χ1n) is 7.19. The van der Waals surface area contributed by atoms with Crippen LogP contribution in [0.1, 0.15) is 38.2 Å². The van der Waals surface area contributed by atoms with Crippen LogP contribution in [0.3, 0.4) is 0 Å². The molecule has 0 saturated heterocycles. The normalized spacial score (nSPS) is 12.2. The summed E-state index contributed by atoms with van der Waals surface area (Å²) in [6.45, 7) is 4.32. The van der Waals surface area contributed by atoms with Gasteiger partial charge in [0.15, 0.2) is 0 Å². The van der Waals surface area contributed by atoms with Crippen molar-refractivity contribution in [3.8, 4) is 5.69 Å². The van der Waals surface area contributed by atoms with Crippen LogP contribution in [0, 0.1) is 0 Å². The van der Waals surface area contributed by atoms with Gasteiger partial charge in [0.25, 0.3) is 0 Å². The molecule has 0 saturated carbocycles. The number of unbranched alkanes of at least 4 members (excludes halogenated alkanes) is 1. The Labute approximate surface area is 140 Å². The van der Waals surface area contributed by atoms with Crippen LogP contribution in [-0.2, 0) is 9.53 Å².